The van der Waals surface area contributed by atoms with Gasteiger partial charge in [-0.25, -0.2) is 4.98 Å². The number of benzene rings is 4. The van der Waals surface area contributed by atoms with Crippen LogP contribution in [0.2, 0.25) is 0 Å². The molecule has 1 saturated heterocycles. The normalized spacial score (nSPS) is 13.8. The van der Waals surface area contributed by atoms with Crippen LogP contribution in [0.3, 0.4) is 0 Å². The van der Waals surface area contributed by atoms with Crippen LogP contribution in [0.4, 0.5) is 5.69 Å². The number of likely N-dealkylation sites (tertiary alicyclic amines) is 1. The molecule has 2 amide bonds. The largest absolute Gasteiger partial charge is 0.464 e. The number of rotatable bonds is 13. The van der Waals surface area contributed by atoms with E-state index in [0.29, 0.717) is 43.0 Å². The molecule has 0 bridgehead atoms. The van der Waals surface area contributed by atoms with Gasteiger partial charge in [0.25, 0.3) is 5.91 Å². The zero-order valence-electron chi connectivity index (χ0n) is 28.9. The van der Waals surface area contributed by atoms with E-state index < -0.39 is 11.5 Å². The van der Waals surface area contributed by atoms with Crippen LogP contribution in [-0.2, 0) is 32.8 Å². The number of carbonyl (C=O) groups excluding carboxylic acids is 3. The fourth-order valence-corrected chi connectivity index (χ4v) is 6.43. The third kappa shape index (κ3) is 8.33. The van der Waals surface area contributed by atoms with Gasteiger partial charge in [0.2, 0.25) is 5.91 Å². The van der Waals surface area contributed by atoms with Crippen molar-refractivity contribution in [2.75, 3.05) is 31.6 Å². The minimum atomic E-state index is -1.17. The lowest BCUT2D eigenvalue weighted by atomic mass is 9.86. The molecule has 1 unspecified atom stereocenters. The van der Waals surface area contributed by atoms with E-state index in [-0.39, 0.29) is 30.8 Å². The van der Waals surface area contributed by atoms with E-state index >= 15 is 0 Å². The Kier molecular flexibility index (Phi) is 10.9. The summed E-state index contributed by atoms with van der Waals surface area (Å²) >= 11 is 0. The molecule has 51 heavy (non-hydrogen) atoms. The number of amidine groups is 1. The number of nitrogens with one attached hydrogen (secondary N) is 5. The molecule has 1 aromatic heterocycles. The number of anilines is 1. The van der Waals surface area contributed by atoms with Crippen LogP contribution in [0.25, 0.3) is 11.0 Å². The number of nitrogens with zero attached hydrogens (tertiary/aromatic N) is 2. The average Bonchev–Trinajstić information content (AvgIpc) is 3.85. The van der Waals surface area contributed by atoms with E-state index in [2.05, 4.69) is 20.9 Å². The van der Waals surface area contributed by atoms with Crippen molar-refractivity contribution < 1.29 is 19.1 Å². The van der Waals surface area contributed by atoms with Gasteiger partial charge in [-0.15, -0.1) is 0 Å². The van der Waals surface area contributed by atoms with Gasteiger partial charge in [-0.05, 0) is 85.8 Å². The Labute approximate surface area is 297 Å². The number of amides is 2. The standard InChI is InChI=1S/C40H43N7O4/c1-27-32(40(2,39(50)47-22-9-10-23-47)43-26-35(48)51-24-21-28-11-5-3-6-12-28)19-20-33-36(27)45-34(44-33)25-42-31-17-15-29(16-18-31)37(41)46-38(49)30-13-7-4-8-14-30/h3-8,11-20,42-43H,9-10,21-26H2,1-2H3,(H,44,45)(H2,41,46,49). The number of imidazole rings is 1. The van der Waals surface area contributed by atoms with Crippen LogP contribution in [0.5, 0.6) is 0 Å². The third-order valence-corrected chi connectivity index (χ3v) is 9.31. The Balaban J connectivity index is 1.12. The highest BCUT2D eigenvalue weighted by atomic mass is 16.5. The first-order chi connectivity index (χ1) is 24.7. The van der Waals surface area contributed by atoms with Crippen LogP contribution in [0, 0.1) is 12.3 Å². The Bertz CT molecular complexity index is 2010. The van der Waals surface area contributed by atoms with Gasteiger partial charge in [-0.3, -0.25) is 25.1 Å². The molecular weight excluding hydrogens is 642 g/mol. The lowest BCUT2D eigenvalue weighted by molar-refractivity contribution is -0.144. The van der Waals surface area contributed by atoms with Crippen molar-refractivity contribution in [1.82, 2.24) is 25.5 Å². The predicted molar refractivity (Wildman–Crippen MR) is 198 cm³/mol. The van der Waals surface area contributed by atoms with Gasteiger partial charge >= 0.3 is 5.97 Å². The summed E-state index contributed by atoms with van der Waals surface area (Å²) in [7, 11) is 0. The molecule has 0 spiro atoms. The maximum atomic E-state index is 14.1. The highest BCUT2D eigenvalue weighted by Crippen LogP contribution is 2.32. The Morgan fingerprint density at radius 3 is 2.29 bits per heavy atom. The fraction of sp³-hybridized carbons (Fsp3) is 0.275. The first-order valence-corrected chi connectivity index (χ1v) is 17.2. The number of carbonyl (C=O) groups is 3. The van der Waals surface area contributed by atoms with Gasteiger partial charge in [-0.2, -0.15) is 0 Å². The molecule has 1 fully saturated rings. The number of esters is 1. The summed E-state index contributed by atoms with van der Waals surface area (Å²) in [6.07, 6.45) is 2.52. The third-order valence-electron chi connectivity index (χ3n) is 9.31. The van der Waals surface area contributed by atoms with Crippen LogP contribution >= 0.6 is 0 Å². The second kappa shape index (κ2) is 15.8. The van der Waals surface area contributed by atoms with Crippen molar-refractivity contribution in [2.24, 2.45) is 0 Å². The molecule has 11 heteroatoms. The van der Waals surface area contributed by atoms with Crippen LogP contribution in [0.1, 0.15) is 58.2 Å². The number of aryl methyl sites for hydroxylation is 1. The van der Waals surface area contributed by atoms with E-state index in [1.54, 1.807) is 36.4 Å². The molecule has 11 nitrogen and oxygen atoms in total. The maximum Gasteiger partial charge on any atom is 0.319 e. The number of aromatic nitrogens is 2. The topological polar surface area (TPSA) is 152 Å². The number of H-pyrrole nitrogens is 1. The van der Waals surface area contributed by atoms with Crippen molar-refractivity contribution in [3.05, 3.63) is 131 Å². The highest BCUT2D eigenvalue weighted by Gasteiger charge is 2.41. The summed E-state index contributed by atoms with van der Waals surface area (Å²) in [5, 5.41) is 17.6. The zero-order chi connectivity index (χ0) is 35.8. The zero-order valence-corrected chi connectivity index (χ0v) is 28.9. The summed E-state index contributed by atoms with van der Waals surface area (Å²) in [5.41, 5.74) is 4.99. The van der Waals surface area contributed by atoms with E-state index in [9.17, 15) is 14.4 Å². The van der Waals surface area contributed by atoms with Crippen molar-refractivity contribution in [2.45, 2.75) is 45.2 Å². The SMILES string of the molecule is Cc1c(C(C)(NCC(=O)OCCc2ccccc2)C(=O)N2CCCC2)ccc2[nH]c(CNc3ccc(C(=N)NC(=O)c4ccccc4)cc3)nc12. The molecule has 0 aliphatic carbocycles. The number of hydrogen-bond donors (Lipinski definition) is 5. The monoisotopic (exact) mass is 685 g/mol. The molecule has 5 aromatic rings. The Morgan fingerprint density at radius 1 is 0.902 bits per heavy atom. The van der Waals surface area contributed by atoms with Crippen LogP contribution in [-0.4, -0.2) is 64.7 Å². The molecule has 1 aliphatic heterocycles. The minimum absolute atomic E-state index is 0.0172. The average molecular weight is 686 g/mol. The van der Waals surface area contributed by atoms with Crippen molar-refractivity contribution in [1.29, 1.82) is 5.41 Å². The fourth-order valence-electron chi connectivity index (χ4n) is 6.43. The number of ether oxygens (including phenoxy) is 1. The van der Waals surface area contributed by atoms with Crippen LogP contribution < -0.4 is 16.0 Å². The van der Waals surface area contributed by atoms with Gasteiger partial charge < -0.3 is 25.3 Å². The van der Waals surface area contributed by atoms with Crippen LogP contribution in [0.15, 0.2) is 97.1 Å². The molecule has 5 N–H and O–H groups in total. The molecule has 0 saturated carbocycles. The first kappa shape index (κ1) is 35.0. The summed E-state index contributed by atoms with van der Waals surface area (Å²) in [4.78, 5) is 49.5. The second-order valence-corrected chi connectivity index (χ2v) is 12.9. The molecule has 1 atom stereocenters. The predicted octanol–water partition coefficient (Wildman–Crippen LogP) is 5.45. The number of hydrogen-bond acceptors (Lipinski definition) is 8. The quantitative estimate of drug-likeness (QED) is 0.0628. The number of fused-ring (bicyclic) bond motifs is 1. The summed E-state index contributed by atoms with van der Waals surface area (Å²) in [5.74, 6) is -0.101. The highest BCUT2D eigenvalue weighted by molar-refractivity contribution is 6.11. The van der Waals surface area contributed by atoms with E-state index in [1.165, 1.54) is 0 Å². The van der Waals surface area contributed by atoms with Crippen molar-refractivity contribution in [3.63, 3.8) is 0 Å². The van der Waals surface area contributed by atoms with Crippen molar-refractivity contribution in [3.8, 4) is 0 Å². The van der Waals surface area contributed by atoms with Crippen molar-refractivity contribution >= 4 is 40.3 Å². The summed E-state index contributed by atoms with van der Waals surface area (Å²) in [6, 6.07) is 29.7. The Hall–Kier alpha value is -5.81. The lowest BCUT2D eigenvalue weighted by Crippen LogP contribution is -2.54. The molecular formula is C40H43N7O4. The smallest absolute Gasteiger partial charge is 0.319 e. The summed E-state index contributed by atoms with van der Waals surface area (Å²) in [6.45, 7) is 5.71. The van der Waals surface area contributed by atoms with Gasteiger partial charge in [0.05, 0.1) is 30.7 Å². The van der Waals surface area contributed by atoms with E-state index in [0.717, 1.165) is 46.3 Å². The van der Waals surface area contributed by atoms with Gasteiger partial charge in [0, 0.05) is 36.3 Å². The number of aromatic amines is 1. The minimum Gasteiger partial charge on any atom is -0.464 e. The molecule has 6 rings (SSSR count). The molecule has 4 aromatic carbocycles. The summed E-state index contributed by atoms with van der Waals surface area (Å²) < 4.78 is 5.52. The van der Waals surface area contributed by atoms with E-state index in [4.69, 9.17) is 15.1 Å². The molecule has 2 heterocycles. The molecule has 0 radical (unpaired) electrons. The molecule has 262 valence electrons. The Morgan fingerprint density at radius 2 is 1.59 bits per heavy atom. The second-order valence-electron chi connectivity index (χ2n) is 12.9. The van der Waals surface area contributed by atoms with E-state index in [1.807, 2.05) is 79.4 Å². The maximum absolute atomic E-state index is 14.1. The lowest BCUT2D eigenvalue weighted by Gasteiger charge is -2.35. The first-order valence-electron chi connectivity index (χ1n) is 17.2. The van der Waals surface area contributed by atoms with Gasteiger partial charge in [0.15, 0.2) is 0 Å². The molecule has 1 aliphatic rings. The van der Waals surface area contributed by atoms with Gasteiger partial charge in [0.1, 0.15) is 17.2 Å². The van der Waals surface area contributed by atoms with Gasteiger partial charge in [-0.1, -0.05) is 54.6 Å².